The van der Waals surface area contributed by atoms with E-state index in [2.05, 4.69) is 15.5 Å². The highest BCUT2D eigenvalue weighted by molar-refractivity contribution is 7.99. The van der Waals surface area contributed by atoms with Crippen LogP contribution in [0.3, 0.4) is 0 Å². The Morgan fingerprint density at radius 2 is 1.94 bits per heavy atom. The van der Waals surface area contributed by atoms with E-state index in [-0.39, 0.29) is 5.75 Å². The molecule has 0 bridgehead atoms. The number of hydrogen-bond acceptors (Lipinski definition) is 5. The lowest BCUT2D eigenvalue weighted by Gasteiger charge is -2.20. The monoisotopic (exact) mass is 270 g/mol. The highest BCUT2D eigenvalue weighted by Gasteiger charge is 2.19. The van der Waals surface area contributed by atoms with E-state index in [4.69, 9.17) is 5.11 Å². The Labute approximate surface area is 110 Å². The Hall–Kier alpha value is -1.11. The molecule has 0 aromatic carbocycles. The van der Waals surface area contributed by atoms with Gasteiger partial charge in [0.2, 0.25) is 5.16 Å². The maximum atomic E-state index is 10.6. The maximum absolute atomic E-state index is 10.6. The first-order valence-corrected chi connectivity index (χ1v) is 7.38. The van der Waals surface area contributed by atoms with E-state index >= 15 is 0 Å². The highest BCUT2D eigenvalue weighted by atomic mass is 32.2. The average molecular weight is 270 g/mol. The number of nitrogens with zero attached hydrogens (tertiary/aromatic N) is 4. The fourth-order valence-electron chi connectivity index (χ4n) is 2.32. The van der Waals surface area contributed by atoms with Gasteiger partial charge in [0.15, 0.2) is 0 Å². The van der Waals surface area contributed by atoms with Crippen molar-refractivity contribution in [3.63, 3.8) is 0 Å². The van der Waals surface area contributed by atoms with E-state index in [1.54, 1.807) is 0 Å². The van der Waals surface area contributed by atoms with Gasteiger partial charge in [-0.1, -0.05) is 43.9 Å². The zero-order chi connectivity index (χ0) is 12.8. The van der Waals surface area contributed by atoms with Crippen LogP contribution >= 0.6 is 11.8 Å². The summed E-state index contributed by atoms with van der Waals surface area (Å²) < 4.78 is 1.82. The number of tetrazole rings is 1. The largest absolute Gasteiger partial charge is 0.481 e. The molecule has 1 aromatic rings. The van der Waals surface area contributed by atoms with Gasteiger partial charge in [-0.2, -0.15) is 0 Å². The first-order chi connectivity index (χ1) is 8.77. The Morgan fingerprint density at radius 3 is 2.61 bits per heavy atom. The topological polar surface area (TPSA) is 80.9 Å². The first-order valence-electron chi connectivity index (χ1n) is 6.40. The van der Waals surface area contributed by atoms with Crippen LogP contribution in [0.5, 0.6) is 0 Å². The molecule has 0 radical (unpaired) electrons. The summed E-state index contributed by atoms with van der Waals surface area (Å²) in [5.74, 6) is -0.834. The summed E-state index contributed by atoms with van der Waals surface area (Å²) >= 11 is 1.19. The lowest BCUT2D eigenvalue weighted by Crippen LogP contribution is -2.14. The van der Waals surface area contributed by atoms with Crippen molar-refractivity contribution in [2.75, 3.05) is 5.75 Å². The number of aliphatic carboxylic acids is 1. The van der Waals surface area contributed by atoms with Gasteiger partial charge in [0.05, 0.1) is 11.8 Å². The SMILES string of the molecule is O=C(O)CSc1nnnn1C1CCCCCCC1. The predicted octanol–water partition coefficient (Wildman–Crippen LogP) is 2.14. The summed E-state index contributed by atoms with van der Waals surface area (Å²) in [6.45, 7) is 0. The molecule has 0 amide bonds. The highest BCUT2D eigenvalue weighted by Crippen LogP contribution is 2.28. The van der Waals surface area contributed by atoms with Crippen molar-refractivity contribution in [2.45, 2.75) is 56.1 Å². The molecule has 1 N–H and O–H groups in total. The Kier molecular flexibility index (Phi) is 4.98. The third-order valence-electron chi connectivity index (χ3n) is 3.21. The van der Waals surface area contributed by atoms with E-state index in [1.807, 2.05) is 4.68 Å². The number of carboxylic acid groups (broad SMARTS) is 1. The van der Waals surface area contributed by atoms with Crippen molar-refractivity contribution in [1.82, 2.24) is 20.2 Å². The third kappa shape index (κ3) is 3.69. The second-order valence-corrected chi connectivity index (χ2v) is 5.53. The molecular formula is C11H18N4O2S. The van der Waals surface area contributed by atoms with Crippen LogP contribution in [0.1, 0.15) is 51.0 Å². The molecule has 1 aromatic heterocycles. The summed E-state index contributed by atoms with van der Waals surface area (Å²) in [4.78, 5) is 10.6. The number of thioether (sulfide) groups is 1. The molecule has 1 saturated carbocycles. The molecule has 0 atom stereocenters. The van der Waals surface area contributed by atoms with Gasteiger partial charge in [-0.05, 0) is 23.3 Å². The molecule has 0 saturated heterocycles. The normalized spacial score (nSPS) is 18.2. The van der Waals surface area contributed by atoms with Crippen molar-refractivity contribution < 1.29 is 9.90 Å². The van der Waals surface area contributed by atoms with Gasteiger partial charge in [-0.25, -0.2) is 4.68 Å². The molecule has 1 fully saturated rings. The van der Waals surface area contributed by atoms with Crippen LogP contribution in [0.4, 0.5) is 0 Å². The predicted molar refractivity (Wildman–Crippen MR) is 67.5 cm³/mol. The van der Waals surface area contributed by atoms with Crippen LogP contribution in [0.2, 0.25) is 0 Å². The van der Waals surface area contributed by atoms with Crippen molar-refractivity contribution in [3.8, 4) is 0 Å². The zero-order valence-electron chi connectivity index (χ0n) is 10.3. The smallest absolute Gasteiger partial charge is 0.313 e. The quantitative estimate of drug-likeness (QED) is 0.844. The lowest BCUT2D eigenvalue weighted by molar-refractivity contribution is -0.133. The van der Waals surface area contributed by atoms with Crippen LogP contribution in [-0.2, 0) is 4.79 Å². The standard InChI is InChI=1S/C11H18N4O2S/c16-10(17)8-18-11-12-13-14-15(11)9-6-4-2-1-3-5-7-9/h9H,1-8H2,(H,16,17). The first kappa shape index (κ1) is 13.3. The summed E-state index contributed by atoms with van der Waals surface area (Å²) in [6.07, 6.45) is 8.45. The summed E-state index contributed by atoms with van der Waals surface area (Å²) in [5, 5.41) is 21.0. The molecule has 1 aliphatic carbocycles. The van der Waals surface area contributed by atoms with Crippen molar-refractivity contribution in [3.05, 3.63) is 0 Å². The van der Waals surface area contributed by atoms with Crippen LogP contribution < -0.4 is 0 Å². The molecule has 18 heavy (non-hydrogen) atoms. The van der Waals surface area contributed by atoms with Gasteiger partial charge in [-0.3, -0.25) is 4.79 Å². The molecule has 0 spiro atoms. The van der Waals surface area contributed by atoms with Crippen LogP contribution in [-0.4, -0.2) is 37.0 Å². The lowest BCUT2D eigenvalue weighted by atomic mass is 9.97. The van der Waals surface area contributed by atoms with Gasteiger partial charge in [0.25, 0.3) is 0 Å². The Morgan fingerprint density at radius 1 is 1.28 bits per heavy atom. The van der Waals surface area contributed by atoms with Gasteiger partial charge in [0, 0.05) is 0 Å². The fourth-order valence-corrected chi connectivity index (χ4v) is 2.98. The van der Waals surface area contributed by atoms with Gasteiger partial charge >= 0.3 is 5.97 Å². The van der Waals surface area contributed by atoms with Crippen LogP contribution in [0, 0.1) is 0 Å². The molecule has 1 aliphatic rings. The van der Waals surface area contributed by atoms with Crippen LogP contribution in [0.25, 0.3) is 0 Å². The van der Waals surface area contributed by atoms with Gasteiger partial charge in [-0.15, -0.1) is 5.10 Å². The summed E-state index contributed by atoms with van der Waals surface area (Å²) in [7, 11) is 0. The minimum Gasteiger partial charge on any atom is -0.481 e. The number of hydrogen-bond donors (Lipinski definition) is 1. The Balaban J connectivity index is 2.01. The summed E-state index contributed by atoms with van der Waals surface area (Å²) in [6, 6.07) is 0.330. The van der Waals surface area contributed by atoms with E-state index < -0.39 is 5.97 Å². The molecule has 1 heterocycles. The second-order valence-electron chi connectivity index (χ2n) is 4.59. The number of aromatic nitrogens is 4. The zero-order valence-corrected chi connectivity index (χ0v) is 11.1. The van der Waals surface area contributed by atoms with E-state index in [1.165, 1.54) is 43.9 Å². The fraction of sp³-hybridized carbons (Fsp3) is 0.818. The Bertz CT molecular complexity index is 388. The van der Waals surface area contributed by atoms with Crippen molar-refractivity contribution in [2.24, 2.45) is 0 Å². The molecular weight excluding hydrogens is 252 g/mol. The third-order valence-corrected chi connectivity index (χ3v) is 4.13. The number of rotatable bonds is 4. The minimum absolute atomic E-state index is 0.00704. The molecule has 2 rings (SSSR count). The summed E-state index contributed by atoms with van der Waals surface area (Å²) in [5.41, 5.74) is 0. The van der Waals surface area contributed by atoms with Gasteiger partial charge < -0.3 is 5.11 Å². The van der Waals surface area contributed by atoms with E-state index in [0.29, 0.717) is 11.2 Å². The van der Waals surface area contributed by atoms with Crippen molar-refractivity contribution >= 4 is 17.7 Å². The minimum atomic E-state index is -0.841. The van der Waals surface area contributed by atoms with E-state index in [0.717, 1.165) is 12.8 Å². The van der Waals surface area contributed by atoms with Crippen molar-refractivity contribution in [1.29, 1.82) is 0 Å². The molecule has 6 nitrogen and oxygen atoms in total. The van der Waals surface area contributed by atoms with Gasteiger partial charge in [0.1, 0.15) is 0 Å². The van der Waals surface area contributed by atoms with E-state index in [9.17, 15) is 4.79 Å². The maximum Gasteiger partial charge on any atom is 0.313 e. The molecule has 100 valence electrons. The number of carbonyl (C=O) groups is 1. The molecule has 0 unspecified atom stereocenters. The second kappa shape index (κ2) is 6.72. The molecule has 0 aliphatic heterocycles. The van der Waals surface area contributed by atoms with Crippen LogP contribution in [0.15, 0.2) is 5.16 Å². The average Bonchev–Trinajstić information content (AvgIpc) is 2.74. The molecule has 7 heteroatoms. The number of carboxylic acids is 1.